The normalized spacial score (nSPS) is 22.1. The average molecular weight is 308 g/mol. The lowest BCUT2D eigenvalue weighted by molar-refractivity contribution is -0.119. The van der Waals surface area contributed by atoms with Gasteiger partial charge in [0.2, 0.25) is 5.91 Å². The van der Waals surface area contributed by atoms with Crippen LogP contribution in [0.3, 0.4) is 0 Å². The summed E-state index contributed by atoms with van der Waals surface area (Å²) in [5.74, 6) is 0.0828. The van der Waals surface area contributed by atoms with Crippen LogP contribution in [0.5, 0.6) is 0 Å². The van der Waals surface area contributed by atoms with E-state index in [1.165, 1.54) is 24.7 Å². The van der Waals surface area contributed by atoms with E-state index in [4.69, 9.17) is 0 Å². The first-order valence-corrected chi connectivity index (χ1v) is 8.37. The fraction of sp³-hybridized carbons (Fsp3) is 0.625. The summed E-state index contributed by atoms with van der Waals surface area (Å²) in [4.78, 5) is 27.3. The van der Waals surface area contributed by atoms with Crippen LogP contribution in [0, 0.1) is 5.41 Å². The fourth-order valence-corrected chi connectivity index (χ4v) is 3.65. The molecule has 2 rings (SSSR count). The number of rotatable bonds is 4. The predicted octanol–water partition coefficient (Wildman–Crippen LogP) is 3.04. The molecule has 2 heterocycles. The number of piperidine rings is 1. The van der Waals surface area contributed by atoms with Gasteiger partial charge in [-0.2, -0.15) is 0 Å². The highest BCUT2D eigenvalue weighted by atomic mass is 32.1. The lowest BCUT2D eigenvalue weighted by Gasteiger charge is -2.39. The molecule has 0 radical (unpaired) electrons. The van der Waals surface area contributed by atoms with Gasteiger partial charge in [0.05, 0.1) is 11.4 Å². The average Bonchev–Trinajstić information content (AvgIpc) is 2.93. The van der Waals surface area contributed by atoms with E-state index in [2.05, 4.69) is 19.2 Å². The Hall–Kier alpha value is -1.36. The van der Waals surface area contributed by atoms with Gasteiger partial charge in [0, 0.05) is 24.9 Å². The standard InChI is InChI=1S/C16H24N2O2S/c1-4-16(3)8-5-9-18(11-16)15(20)14-7-6-13(21-14)10-17-12(2)19/h6-7H,4-5,8-11H2,1-3H3,(H,17,19). The van der Waals surface area contributed by atoms with Crippen LogP contribution in [-0.4, -0.2) is 29.8 Å². The third-order valence-corrected chi connectivity index (χ3v) is 5.38. The van der Waals surface area contributed by atoms with E-state index in [0.29, 0.717) is 6.54 Å². The molecule has 1 aromatic heterocycles. The minimum absolute atomic E-state index is 0.0500. The van der Waals surface area contributed by atoms with Crippen molar-refractivity contribution in [3.05, 3.63) is 21.9 Å². The minimum atomic E-state index is -0.0500. The fourth-order valence-electron chi connectivity index (χ4n) is 2.73. The van der Waals surface area contributed by atoms with Crippen LogP contribution in [0.15, 0.2) is 12.1 Å². The first-order valence-electron chi connectivity index (χ1n) is 7.56. The summed E-state index contributed by atoms with van der Waals surface area (Å²) in [5, 5.41) is 2.76. The van der Waals surface area contributed by atoms with Gasteiger partial charge < -0.3 is 10.2 Å². The maximum Gasteiger partial charge on any atom is 0.263 e. The Balaban J connectivity index is 2.01. The van der Waals surface area contributed by atoms with Crippen molar-refractivity contribution in [3.63, 3.8) is 0 Å². The van der Waals surface area contributed by atoms with Gasteiger partial charge in [-0.1, -0.05) is 13.8 Å². The zero-order chi connectivity index (χ0) is 15.5. The summed E-state index contributed by atoms with van der Waals surface area (Å²) in [6, 6.07) is 3.80. The van der Waals surface area contributed by atoms with Gasteiger partial charge in [0.1, 0.15) is 0 Å². The van der Waals surface area contributed by atoms with Crippen molar-refractivity contribution >= 4 is 23.2 Å². The highest BCUT2D eigenvalue weighted by Crippen LogP contribution is 2.33. The molecule has 1 fully saturated rings. The number of amides is 2. The molecular formula is C16H24N2O2S. The first-order chi connectivity index (χ1) is 9.93. The van der Waals surface area contributed by atoms with Crippen LogP contribution < -0.4 is 5.32 Å². The lowest BCUT2D eigenvalue weighted by Crippen LogP contribution is -2.44. The van der Waals surface area contributed by atoms with Crippen molar-refractivity contribution in [2.45, 2.75) is 46.6 Å². The van der Waals surface area contributed by atoms with Crippen LogP contribution in [0.2, 0.25) is 0 Å². The van der Waals surface area contributed by atoms with Crippen molar-refractivity contribution in [2.24, 2.45) is 5.41 Å². The molecule has 116 valence electrons. The van der Waals surface area contributed by atoms with E-state index in [9.17, 15) is 9.59 Å². The van der Waals surface area contributed by atoms with Gasteiger partial charge in [-0.25, -0.2) is 0 Å². The molecule has 0 saturated carbocycles. The molecule has 0 aromatic carbocycles. The minimum Gasteiger partial charge on any atom is -0.351 e. The molecule has 1 aliphatic heterocycles. The summed E-state index contributed by atoms with van der Waals surface area (Å²) < 4.78 is 0. The van der Waals surface area contributed by atoms with Gasteiger partial charge in [-0.3, -0.25) is 9.59 Å². The number of hydrogen-bond acceptors (Lipinski definition) is 3. The SMILES string of the molecule is CCC1(C)CCCN(C(=O)c2ccc(CNC(C)=O)s2)C1. The number of hydrogen-bond donors (Lipinski definition) is 1. The first kappa shape index (κ1) is 16.0. The Morgan fingerprint density at radius 1 is 1.43 bits per heavy atom. The maximum atomic E-state index is 12.6. The highest BCUT2D eigenvalue weighted by Gasteiger charge is 2.32. The largest absolute Gasteiger partial charge is 0.351 e. The molecule has 2 amide bonds. The molecule has 21 heavy (non-hydrogen) atoms. The third-order valence-electron chi connectivity index (χ3n) is 4.31. The van der Waals surface area contributed by atoms with Gasteiger partial charge >= 0.3 is 0 Å². The second-order valence-corrected chi connectivity index (χ2v) is 7.34. The number of carbonyl (C=O) groups excluding carboxylic acids is 2. The van der Waals surface area contributed by atoms with Crippen LogP contribution in [0.4, 0.5) is 0 Å². The number of nitrogens with one attached hydrogen (secondary N) is 1. The van der Waals surface area contributed by atoms with Gasteiger partial charge in [0.15, 0.2) is 0 Å². The zero-order valence-corrected chi connectivity index (χ0v) is 13.9. The number of thiophene rings is 1. The Morgan fingerprint density at radius 2 is 2.19 bits per heavy atom. The smallest absolute Gasteiger partial charge is 0.263 e. The molecule has 1 atom stereocenters. The summed E-state index contributed by atoms with van der Waals surface area (Å²) >= 11 is 1.48. The van der Waals surface area contributed by atoms with Crippen LogP contribution in [0.25, 0.3) is 0 Å². The van der Waals surface area contributed by atoms with E-state index in [1.807, 2.05) is 17.0 Å². The zero-order valence-electron chi connectivity index (χ0n) is 13.1. The quantitative estimate of drug-likeness (QED) is 0.929. The Kier molecular flexibility index (Phi) is 5.04. The van der Waals surface area contributed by atoms with E-state index >= 15 is 0 Å². The Labute approximate surface area is 130 Å². The molecule has 5 heteroatoms. The van der Waals surface area contributed by atoms with Crippen LogP contribution >= 0.6 is 11.3 Å². The van der Waals surface area contributed by atoms with Crippen LogP contribution in [0.1, 0.15) is 54.6 Å². The molecule has 1 saturated heterocycles. The van der Waals surface area contributed by atoms with E-state index in [0.717, 1.165) is 35.7 Å². The number of nitrogens with zero attached hydrogens (tertiary/aromatic N) is 1. The molecule has 1 N–H and O–H groups in total. The Morgan fingerprint density at radius 3 is 2.86 bits per heavy atom. The van der Waals surface area contributed by atoms with E-state index in [1.54, 1.807) is 0 Å². The topological polar surface area (TPSA) is 49.4 Å². The summed E-state index contributed by atoms with van der Waals surface area (Å²) in [5.41, 5.74) is 0.254. The molecule has 1 aromatic rings. The second-order valence-electron chi connectivity index (χ2n) is 6.17. The number of likely N-dealkylation sites (tertiary alicyclic amines) is 1. The van der Waals surface area contributed by atoms with Crippen LogP contribution in [-0.2, 0) is 11.3 Å². The summed E-state index contributed by atoms with van der Waals surface area (Å²) in [6.45, 7) is 8.17. The van der Waals surface area contributed by atoms with Crippen molar-refractivity contribution < 1.29 is 9.59 Å². The summed E-state index contributed by atoms with van der Waals surface area (Å²) in [7, 11) is 0. The van der Waals surface area contributed by atoms with E-state index in [-0.39, 0.29) is 17.2 Å². The molecule has 0 bridgehead atoms. The van der Waals surface area contributed by atoms with Crippen molar-refractivity contribution in [1.29, 1.82) is 0 Å². The van der Waals surface area contributed by atoms with Gasteiger partial charge in [-0.15, -0.1) is 11.3 Å². The summed E-state index contributed by atoms with van der Waals surface area (Å²) in [6.07, 6.45) is 3.39. The Bertz CT molecular complexity index is 526. The number of carbonyl (C=O) groups is 2. The predicted molar refractivity (Wildman–Crippen MR) is 85.4 cm³/mol. The highest BCUT2D eigenvalue weighted by molar-refractivity contribution is 7.14. The molecule has 1 unspecified atom stereocenters. The molecule has 4 nitrogen and oxygen atoms in total. The second kappa shape index (κ2) is 6.60. The molecule has 0 aliphatic carbocycles. The van der Waals surface area contributed by atoms with Gasteiger partial charge in [-0.05, 0) is 36.8 Å². The van der Waals surface area contributed by atoms with Gasteiger partial charge in [0.25, 0.3) is 5.91 Å². The lowest BCUT2D eigenvalue weighted by atomic mass is 9.79. The van der Waals surface area contributed by atoms with Crippen molar-refractivity contribution in [1.82, 2.24) is 10.2 Å². The molecular weight excluding hydrogens is 284 g/mol. The molecule has 0 spiro atoms. The monoisotopic (exact) mass is 308 g/mol. The maximum absolute atomic E-state index is 12.6. The molecule has 1 aliphatic rings. The third kappa shape index (κ3) is 4.06. The van der Waals surface area contributed by atoms with Crippen molar-refractivity contribution in [2.75, 3.05) is 13.1 Å². The van der Waals surface area contributed by atoms with E-state index < -0.39 is 0 Å². The van der Waals surface area contributed by atoms with Crippen molar-refractivity contribution in [3.8, 4) is 0 Å².